The number of methoxy groups -OCH3 is 1. The Labute approximate surface area is 127 Å². The smallest absolute Gasteiger partial charge is 0.313 e. The Balaban J connectivity index is 2.42. The number of nitro benzene ring substituents is 1. The maximum Gasteiger partial charge on any atom is 0.313 e. The lowest BCUT2D eigenvalue weighted by Gasteiger charge is -2.38. The van der Waals surface area contributed by atoms with Crippen molar-refractivity contribution >= 4 is 17.3 Å². The molecule has 0 aromatic heterocycles. The van der Waals surface area contributed by atoms with Gasteiger partial charge in [-0.15, -0.1) is 0 Å². The number of rotatable bonds is 4. The molecule has 0 saturated carbocycles. The van der Waals surface area contributed by atoms with Gasteiger partial charge < -0.3 is 15.4 Å². The van der Waals surface area contributed by atoms with Gasteiger partial charge in [-0.3, -0.25) is 14.9 Å². The van der Waals surface area contributed by atoms with Crippen LogP contribution in [0.3, 0.4) is 0 Å². The van der Waals surface area contributed by atoms with Crippen LogP contribution in [0.15, 0.2) is 12.1 Å². The molecule has 8 heteroatoms. The van der Waals surface area contributed by atoms with Crippen molar-refractivity contribution in [1.29, 1.82) is 0 Å². The molecular weight excluding hydrogens is 293 g/mol. The number of nitro groups is 1. The number of amides is 1. The van der Waals surface area contributed by atoms with Crippen LogP contribution >= 0.6 is 0 Å². The molecule has 2 rings (SSSR count). The molecule has 1 aliphatic rings. The maximum atomic E-state index is 14.3. The largest absolute Gasteiger partial charge is 0.490 e. The van der Waals surface area contributed by atoms with Crippen molar-refractivity contribution in [2.45, 2.75) is 25.8 Å². The third kappa shape index (κ3) is 2.95. The van der Waals surface area contributed by atoms with Crippen molar-refractivity contribution in [3.63, 3.8) is 0 Å². The van der Waals surface area contributed by atoms with Crippen molar-refractivity contribution in [3.8, 4) is 5.75 Å². The number of ether oxygens (including phenoxy) is 1. The zero-order valence-corrected chi connectivity index (χ0v) is 12.4. The zero-order chi connectivity index (χ0) is 16.4. The van der Waals surface area contributed by atoms with Crippen LogP contribution in [0.25, 0.3) is 0 Å². The number of piperidine rings is 1. The topological polar surface area (TPSA) is 98.7 Å². The molecule has 1 aliphatic heterocycles. The molecule has 1 saturated heterocycles. The second-order valence-electron chi connectivity index (χ2n) is 5.41. The van der Waals surface area contributed by atoms with Gasteiger partial charge in [0.1, 0.15) is 0 Å². The summed E-state index contributed by atoms with van der Waals surface area (Å²) in [6, 6.07) is 2.14. The standard InChI is InChI=1S/C14H18FN3O4/c1-8-3-4-9(14(16)19)7-17(8)11-6-13(22-2)12(18(20)21)5-10(11)15/h5-6,8-9H,3-4,7H2,1-2H3,(H2,16,19)/t8-,9+/m1/s1. The molecule has 1 heterocycles. The number of nitrogens with zero attached hydrogens (tertiary/aromatic N) is 2. The summed E-state index contributed by atoms with van der Waals surface area (Å²) in [7, 11) is 1.29. The quantitative estimate of drug-likeness (QED) is 0.675. The first-order valence-corrected chi connectivity index (χ1v) is 6.93. The highest BCUT2D eigenvalue weighted by Crippen LogP contribution is 2.37. The number of halogens is 1. The monoisotopic (exact) mass is 311 g/mol. The Hall–Kier alpha value is -2.38. The van der Waals surface area contributed by atoms with Crippen LogP contribution in [0, 0.1) is 21.8 Å². The minimum atomic E-state index is -0.718. The van der Waals surface area contributed by atoms with Gasteiger partial charge in [0.25, 0.3) is 0 Å². The number of hydrogen-bond acceptors (Lipinski definition) is 5. The molecule has 0 radical (unpaired) electrons. The number of anilines is 1. The van der Waals surface area contributed by atoms with Gasteiger partial charge in [0, 0.05) is 18.7 Å². The molecule has 2 atom stereocenters. The SMILES string of the molecule is COc1cc(N2C[C@@H](C(N)=O)CC[C@H]2C)c(F)cc1[N+](=O)[O-]. The van der Waals surface area contributed by atoms with E-state index in [1.165, 1.54) is 13.2 Å². The van der Waals surface area contributed by atoms with E-state index in [0.717, 1.165) is 6.07 Å². The summed E-state index contributed by atoms with van der Waals surface area (Å²) >= 11 is 0. The maximum absolute atomic E-state index is 14.3. The second-order valence-corrected chi connectivity index (χ2v) is 5.41. The van der Waals surface area contributed by atoms with Gasteiger partial charge in [-0.1, -0.05) is 0 Å². The zero-order valence-electron chi connectivity index (χ0n) is 12.4. The fraction of sp³-hybridized carbons (Fsp3) is 0.500. The highest BCUT2D eigenvalue weighted by atomic mass is 19.1. The summed E-state index contributed by atoms with van der Waals surface area (Å²) < 4.78 is 19.3. The van der Waals surface area contributed by atoms with E-state index in [2.05, 4.69) is 0 Å². The number of carbonyl (C=O) groups excluding carboxylic acids is 1. The predicted octanol–water partition coefficient (Wildman–Crippen LogP) is 1.83. The molecule has 0 bridgehead atoms. The third-order valence-corrected chi connectivity index (χ3v) is 4.04. The minimum absolute atomic E-state index is 0.00346. The highest BCUT2D eigenvalue weighted by Gasteiger charge is 2.31. The number of hydrogen-bond donors (Lipinski definition) is 1. The summed E-state index contributed by atoms with van der Waals surface area (Å²) in [6.07, 6.45) is 1.34. The van der Waals surface area contributed by atoms with E-state index in [-0.39, 0.29) is 29.9 Å². The number of primary amides is 1. The fourth-order valence-electron chi connectivity index (χ4n) is 2.73. The van der Waals surface area contributed by atoms with Crippen LogP contribution in [0.2, 0.25) is 0 Å². The van der Waals surface area contributed by atoms with E-state index in [1.54, 1.807) is 4.90 Å². The molecule has 0 aliphatic carbocycles. The summed E-state index contributed by atoms with van der Waals surface area (Å²) in [6.45, 7) is 2.19. The van der Waals surface area contributed by atoms with E-state index >= 15 is 0 Å². The first kappa shape index (κ1) is 16.0. The molecule has 120 valence electrons. The predicted molar refractivity (Wildman–Crippen MR) is 78.3 cm³/mol. The molecule has 2 N–H and O–H groups in total. The summed E-state index contributed by atoms with van der Waals surface area (Å²) in [5.41, 5.74) is 5.09. The van der Waals surface area contributed by atoms with E-state index in [0.29, 0.717) is 12.8 Å². The van der Waals surface area contributed by atoms with Gasteiger partial charge >= 0.3 is 5.69 Å². The van der Waals surface area contributed by atoms with Crippen LogP contribution in [-0.2, 0) is 4.79 Å². The summed E-state index contributed by atoms with van der Waals surface area (Å²) in [5, 5.41) is 10.9. The Bertz CT molecular complexity index is 608. The Morgan fingerprint density at radius 3 is 2.73 bits per heavy atom. The number of carbonyl (C=O) groups is 1. The van der Waals surface area contributed by atoms with Gasteiger partial charge in [0.2, 0.25) is 5.91 Å². The lowest BCUT2D eigenvalue weighted by Crippen LogP contribution is -2.46. The van der Waals surface area contributed by atoms with Crippen LogP contribution < -0.4 is 15.4 Å². The Morgan fingerprint density at radius 1 is 1.50 bits per heavy atom. The van der Waals surface area contributed by atoms with Crippen molar-refractivity contribution in [2.24, 2.45) is 11.7 Å². The lowest BCUT2D eigenvalue weighted by molar-refractivity contribution is -0.385. The second kappa shape index (κ2) is 6.17. The first-order valence-electron chi connectivity index (χ1n) is 6.93. The molecule has 0 unspecified atom stereocenters. The average Bonchev–Trinajstić information content (AvgIpc) is 2.47. The van der Waals surface area contributed by atoms with Gasteiger partial charge in [0.15, 0.2) is 11.6 Å². The van der Waals surface area contributed by atoms with Crippen molar-refractivity contribution in [1.82, 2.24) is 0 Å². The third-order valence-electron chi connectivity index (χ3n) is 4.04. The number of nitrogens with two attached hydrogens (primary N) is 1. The molecule has 7 nitrogen and oxygen atoms in total. The molecule has 1 fully saturated rings. The highest BCUT2D eigenvalue weighted by molar-refractivity contribution is 5.78. The van der Waals surface area contributed by atoms with Crippen molar-refractivity contribution in [3.05, 3.63) is 28.1 Å². The molecule has 0 spiro atoms. The summed E-state index contributed by atoms with van der Waals surface area (Å²) in [5.74, 6) is -1.53. The molecule has 1 amide bonds. The molecule has 22 heavy (non-hydrogen) atoms. The van der Waals surface area contributed by atoms with E-state index in [9.17, 15) is 19.3 Å². The van der Waals surface area contributed by atoms with Gasteiger partial charge in [-0.2, -0.15) is 0 Å². The Morgan fingerprint density at radius 2 is 2.18 bits per heavy atom. The van der Waals surface area contributed by atoms with Crippen LogP contribution in [-0.4, -0.2) is 30.5 Å². The average molecular weight is 311 g/mol. The van der Waals surface area contributed by atoms with E-state index in [1.807, 2.05) is 6.92 Å². The van der Waals surface area contributed by atoms with Crippen LogP contribution in [0.4, 0.5) is 15.8 Å². The number of benzene rings is 1. The van der Waals surface area contributed by atoms with E-state index in [4.69, 9.17) is 10.5 Å². The van der Waals surface area contributed by atoms with Gasteiger partial charge in [-0.05, 0) is 19.8 Å². The first-order chi connectivity index (χ1) is 10.3. The normalized spacial score (nSPS) is 21.5. The van der Waals surface area contributed by atoms with Crippen LogP contribution in [0.5, 0.6) is 5.75 Å². The van der Waals surface area contributed by atoms with Crippen molar-refractivity contribution in [2.75, 3.05) is 18.6 Å². The lowest BCUT2D eigenvalue weighted by atomic mass is 9.92. The van der Waals surface area contributed by atoms with Gasteiger partial charge in [0.05, 0.1) is 29.7 Å². The van der Waals surface area contributed by atoms with E-state index < -0.39 is 22.3 Å². The van der Waals surface area contributed by atoms with Gasteiger partial charge in [-0.25, -0.2) is 4.39 Å². The van der Waals surface area contributed by atoms with Crippen molar-refractivity contribution < 1.29 is 18.8 Å². The minimum Gasteiger partial charge on any atom is -0.490 e. The van der Waals surface area contributed by atoms with Crippen LogP contribution in [0.1, 0.15) is 19.8 Å². The fourth-order valence-corrected chi connectivity index (χ4v) is 2.73. The summed E-state index contributed by atoms with van der Waals surface area (Å²) in [4.78, 5) is 23.3. The molecule has 1 aromatic carbocycles. The molecular formula is C14H18FN3O4. The Kier molecular flexibility index (Phi) is 4.48. The molecule has 1 aromatic rings.